The number of nitrogens with zero attached hydrogens (tertiary/aromatic N) is 2. The van der Waals surface area contributed by atoms with E-state index in [1.165, 1.54) is 9.80 Å². The summed E-state index contributed by atoms with van der Waals surface area (Å²) in [6.07, 6.45) is -0.438. The van der Waals surface area contributed by atoms with Gasteiger partial charge in [0.25, 0.3) is 0 Å². The molecule has 0 saturated carbocycles. The summed E-state index contributed by atoms with van der Waals surface area (Å²) in [6, 6.07) is 6.66. The number of hydrogen-bond acceptors (Lipinski definition) is 3. The second kappa shape index (κ2) is 4.21. The fourth-order valence-corrected chi connectivity index (χ4v) is 1.94. The fourth-order valence-electron chi connectivity index (χ4n) is 1.75. The van der Waals surface area contributed by atoms with Gasteiger partial charge in [0.1, 0.15) is 11.9 Å². The summed E-state index contributed by atoms with van der Waals surface area (Å²) < 4.78 is 0. The third kappa shape index (κ3) is 1.91. The Morgan fingerprint density at radius 1 is 1.35 bits per heavy atom. The standard InChI is InChI=1S/C11H13N3O2S/c1-13-9(7-5-3-4-6-8(7)15)12-10(17)14(2)11(13)16/h3-6,9,15H,1-2H3,(H,12,17). The zero-order valence-electron chi connectivity index (χ0n) is 9.54. The first-order valence-electron chi connectivity index (χ1n) is 5.11. The lowest BCUT2D eigenvalue weighted by Gasteiger charge is -2.39. The Balaban J connectivity index is 2.37. The molecular formula is C11H13N3O2S. The fraction of sp³-hybridized carbons (Fsp3) is 0.273. The topological polar surface area (TPSA) is 55.8 Å². The second-order valence-corrected chi connectivity index (χ2v) is 4.25. The molecule has 0 bridgehead atoms. The first-order chi connectivity index (χ1) is 8.02. The van der Waals surface area contributed by atoms with Crippen molar-refractivity contribution in [1.82, 2.24) is 15.1 Å². The predicted molar refractivity (Wildman–Crippen MR) is 67.5 cm³/mol. The van der Waals surface area contributed by atoms with Gasteiger partial charge in [-0.25, -0.2) is 4.79 Å². The summed E-state index contributed by atoms with van der Waals surface area (Å²) in [5, 5.41) is 13.1. The van der Waals surface area contributed by atoms with E-state index < -0.39 is 6.17 Å². The maximum absolute atomic E-state index is 11.9. The Labute approximate surface area is 105 Å². The van der Waals surface area contributed by atoms with Crippen LogP contribution in [0.1, 0.15) is 11.7 Å². The van der Waals surface area contributed by atoms with Gasteiger partial charge in [0, 0.05) is 19.7 Å². The molecule has 2 amide bonds. The van der Waals surface area contributed by atoms with Gasteiger partial charge in [-0.1, -0.05) is 18.2 Å². The highest BCUT2D eigenvalue weighted by Gasteiger charge is 2.33. The predicted octanol–water partition coefficient (Wildman–Crippen LogP) is 1.26. The number of benzene rings is 1. The molecule has 1 unspecified atom stereocenters. The Hall–Kier alpha value is -1.82. The molecule has 0 aromatic heterocycles. The monoisotopic (exact) mass is 251 g/mol. The normalized spacial score (nSPS) is 20.5. The number of phenolic OH excluding ortho intramolecular Hbond substituents is 1. The molecule has 0 spiro atoms. The minimum atomic E-state index is -0.438. The number of nitrogens with one attached hydrogen (secondary N) is 1. The van der Waals surface area contributed by atoms with Crippen molar-refractivity contribution in [3.05, 3.63) is 29.8 Å². The number of carbonyl (C=O) groups excluding carboxylic acids is 1. The number of phenols is 1. The van der Waals surface area contributed by atoms with E-state index in [9.17, 15) is 9.90 Å². The molecule has 1 saturated heterocycles. The maximum atomic E-state index is 11.9. The highest BCUT2D eigenvalue weighted by Crippen LogP contribution is 2.28. The van der Waals surface area contributed by atoms with Gasteiger partial charge in [-0.05, 0) is 18.3 Å². The summed E-state index contributed by atoms with van der Waals surface area (Å²) in [5.41, 5.74) is 0.624. The van der Waals surface area contributed by atoms with Crippen LogP contribution in [0.4, 0.5) is 4.79 Å². The molecule has 5 nitrogen and oxygen atoms in total. The number of rotatable bonds is 1. The van der Waals surface area contributed by atoms with Gasteiger partial charge < -0.3 is 15.3 Å². The Morgan fingerprint density at radius 2 is 2.00 bits per heavy atom. The van der Waals surface area contributed by atoms with Crippen LogP contribution >= 0.6 is 12.2 Å². The molecule has 6 heteroatoms. The van der Waals surface area contributed by atoms with Crippen molar-refractivity contribution in [3.8, 4) is 5.75 Å². The zero-order chi connectivity index (χ0) is 12.6. The van der Waals surface area contributed by atoms with Gasteiger partial charge in [-0.3, -0.25) is 4.90 Å². The van der Waals surface area contributed by atoms with Crippen molar-refractivity contribution >= 4 is 23.4 Å². The minimum Gasteiger partial charge on any atom is -0.508 e. The van der Waals surface area contributed by atoms with Gasteiger partial charge in [-0.15, -0.1) is 0 Å². The molecular weight excluding hydrogens is 238 g/mol. The maximum Gasteiger partial charge on any atom is 0.327 e. The van der Waals surface area contributed by atoms with E-state index in [1.54, 1.807) is 38.4 Å². The van der Waals surface area contributed by atoms with Crippen LogP contribution in [0.25, 0.3) is 0 Å². The number of para-hydroxylation sites is 1. The van der Waals surface area contributed by atoms with E-state index in [4.69, 9.17) is 12.2 Å². The van der Waals surface area contributed by atoms with E-state index >= 15 is 0 Å². The summed E-state index contributed by atoms with van der Waals surface area (Å²) in [4.78, 5) is 14.7. The molecule has 1 aromatic rings. The third-order valence-corrected chi connectivity index (χ3v) is 3.16. The van der Waals surface area contributed by atoms with Crippen molar-refractivity contribution in [2.75, 3.05) is 14.1 Å². The van der Waals surface area contributed by atoms with Crippen molar-refractivity contribution in [2.45, 2.75) is 6.17 Å². The number of amides is 2. The van der Waals surface area contributed by atoms with Crippen LogP contribution in [-0.4, -0.2) is 40.1 Å². The molecule has 1 aliphatic rings. The van der Waals surface area contributed by atoms with Gasteiger partial charge >= 0.3 is 6.03 Å². The van der Waals surface area contributed by atoms with Gasteiger partial charge in [0.2, 0.25) is 0 Å². The van der Waals surface area contributed by atoms with Crippen molar-refractivity contribution in [2.24, 2.45) is 0 Å². The number of aromatic hydroxyl groups is 1. The molecule has 1 atom stereocenters. The average Bonchev–Trinajstić information content (AvgIpc) is 2.32. The quantitative estimate of drug-likeness (QED) is 0.738. The number of urea groups is 1. The lowest BCUT2D eigenvalue weighted by Crippen LogP contribution is -2.57. The first kappa shape index (κ1) is 11.7. The number of hydrogen-bond donors (Lipinski definition) is 2. The Bertz CT molecular complexity index is 478. The molecule has 2 N–H and O–H groups in total. The highest BCUT2D eigenvalue weighted by molar-refractivity contribution is 7.80. The summed E-state index contributed by atoms with van der Waals surface area (Å²) in [5.74, 6) is 0.136. The van der Waals surface area contributed by atoms with Crippen molar-refractivity contribution < 1.29 is 9.90 Å². The minimum absolute atomic E-state index is 0.136. The number of carbonyl (C=O) groups is 1. The molecule has 17 heavy (non-hydrogen) atoms. The third-order valence-electron chi connectivity index (χ3n) is 2.77. The van der Waals surface area contributed by atoms with Crippen LogP contribution in [-0.2, 0) is 0 Å². The summed E-state index contributed by atoms with van der Waals surface area (Å²) >= 11 is 5.06. The van der Waals surface area contributed by atoms with E-state index in [1.807, 2.05) is 0 Å². The van der Waals surface area contributed by atoms with Crippen LogP contribution in [0.15, 0.2) is 24.3 Å². The van der Waals surface area contributed by atoms with Crippen LogP contribution < -0.4 is 5.32 Å². The molecule has 1 fully saturated rings. The van der Waals surface area contributed by atoms with E-state index in [-0.39, 0.29) is 11.8 Å². The van der Waals surface area contributed by atoms with Crippen LogP contribution in [0.3, 0.4) is 0 Å². The molecule has 90 valence electrons. The second-order valence-electron chi connectivity index (χ2n) is 3.86. The Kier molecular flexibility index (Phi) is 2.89. The molecule has 2 rings (SSSR count). The van der Waals surface area contributed by atoms with Crippen LogP contribution in [0.5, 0.6) is 5.75 Å². The SMILES string of the molecule is CN1C(=O)N(C)C(c2ccccc2O)NC1=S. The van der Waals surface area contributed by atoms with Crippen LogP contribution in [0.2, 0.25) is 0 Å². The lowest BCUT2D eigenvalue weighted by atomic mass is 10.1. The summed E-state index contributed by atoms with van der Waals surface area (Å²) in [6.45, 7) is 0. The average molecular weight is 251 g/mol. The molecule has 1 aromatic carbocycles. The Morgan fingerprint density at radius 3 is 2.65 bits per heavy atom. The van der Waals surface area contributed by atoms with Gasteiger partial charge in [0.15, 0.2) is 5.11 Å². The van der Waals surface area contributed by atoms with Crippen molar-refractivity contribution in [1.29, 1.82) is 0 Å². The largest absolute Gasteiger partial charge is 0.508 e. The molecule has 1 heterocycles. The zero-order valence-corrected chi connectivity index (χ0v) is 10.4. The van der Waals surface area contributed by atoms with Crippen LogP contribution in [0, 0.1) is 0 Å². The van der Waals surface area contributed by atoms with Gasteiger partial charge in [-0.2, -0.15) is 0 Å². The van der Waals surface area contributed by atoms with E-state index in [0.29, 0.717) is 10.7 Å². The molecule has 1 aliphatic heterocycles. The molecule has 0 aliphatic carbocycles. The van der Waals surface area contributed by atoms with E-state index in [2.05, 4.69) is 5.32 Å². The van der Waals surface area contributed by atoms with Gasteiger partial charge in [0.05, 0.1) is 0 Å². The van der Waals surface area contributed by atoms with Crippen molar-refractivity contribution in [3.63, 3.8) is 0 Å². The number of thiocarbonyl (C=S) groups is 1. The first-order valence-corrected chi connectivity index (χ1v) is 5.52. The lowest BCUT2D eigenvalue weighted by molar-refractivity contribution is 0.153. The highest BCUT2D eigenvalue weighted by atomic mass is 32.1. The van der Waals surface area contributed by atoms with E-state index in [0.717, 1.165) is 0 Å². The molecule has 0 radical (unpaired) electrons. The smallest absolute Gasteiger partial charge is 0.327 e. The summed E-state index contributed by atoms with van der Waals surface area (Å²) in [7, 11) is 3.26.